The first-order valence-corrected chi connectivity index (χ1v) is 7.40. The van der Waals surface area contributed by atoms with Gasteiger partial charge in [-0.3, -0.25) is 9.59 Å². The van der Waals surface area contributed by atoms with Crippen molar-refractivity contribution >= 4 is 12.0 Å². The minimum Gasteiger partial charge on any atom is -0.450 e. The lowest BCUT2D eigenvalue weighted by Gasteiger charge is -2.31. The van der Waals surface area contributed by atoms with Gasteiger partial charge < -0.3 is 19.5 Å². The van der Waals surface area contributed by atoms with Gasteiger partial charge in [-0.05, 0) is 25.8 Å². The first kappa shape index (κ1) is 16.1. The summed E-state index contributed by atoms with van der Waals surface area (Å²) in [6.45, 7) is 3.27. The average molecular weight is 307 g/mol. The zero-order valence-electron chi connectivity index (χ0n) is 12.9. The van der Waals surface area contributed by atoms with E-state index in [2.05, 4.69) is 5.32 Å². The monoisotopic (exact) mass is 307 g/mol. The van der Waals surface area contributed by atoms with E-state index in [1.807, 2.05) is 0 Å². The molecule has 1 saturated heterocycles. The molecule has 1 aliphatic rings. The molecule has 0 aliphatic carbocycles. The van der Waals surface area contributed by atoms with Crippen LogP contribution in [0, 0.1) is 0 Å². The molecule has 22 heavy (non-hydrogen) atoms. The van der Waals surface area contributed by atoms with E-state index >= 15 is 0 Å². The third-order valence-electron chi connectivity index (χ3n) is 3.70. The molecule has 120 valence electrons. The number of likely N-dealkylation sites (tertiary alicyclic amines) is 1. The minimum absolute atomic E-state index is 0.0235. The molecule has 1 aliphatic heterocycles. The Bertz CT molecular complexity index is 603. The number of piperidine rings is 1. The van der Waals surface area contributed by atoms with Crippen LogP contribution in [0.4, 0.5) is 4.79 Å². The van der Waals surface area contributed by atoms with Crippen molar-refractivity contribution in [3.63, 3.8) is 0 Å². The molecule has 0 radical (unpaired) electrons. The summed E-state index contributed by atoms with van der Waals surface area (Å²) in [5, 5.41) is 2.94. The molecular weight excluding hydrogens is 286 g/mol. The summed E-state index contributed by atoms with van der Waals surface area (Å²) in [5.41, 5.74) is 0.300. The van der Waals surface area contributed by atoms with E-state index in [0.717, 1.165) is 0 Å². The van der Waals surface area contributed by atoms with Crippen LogP contribution in [0.1, 0.15) is 30.1 Å². The molecule has 0 spiro atoms. The quantitative estimate of drug-likeness (QED) is 0.893. The van der Waals surface area contributed by atoms with E-state index in [1.165, 1.54) is 22.9 Å². The first-order chi connectivity index (χ1) is 10.5. The van der Waals surface area contributed by atoms with Crippen molar-refractivity contribution in [1.82, 2.24) is 14.8 Å². The van der Waals surface area contributed by atoms with Crippen LogP contribution in [0.25, 0.3) is 0 Å². The van der Waals surface area contributed by atoms with Gasteiger partial charge in [-0.1, -0.05) is 0 Å². The van der Waals surface area contributed by atoms with Crippen molar-refractivity contribution in [2.45, 2.75) is 25.8 Å². The van der Waals surface area contributed by atoms with Gasteiger partial charge in [0, 0.05) is 38.4 Å². The number of carbonyl (C=O) groups excluding carboxylic acids is 2. The van der Waals surface area contributed by atoms with Crippen LogP contribution in [0.15, 0.2) is 23.1 Å². The number of ether oxygens (including phenoxy) is 1. The Morgan fingerprint density at radius 3 is 2.59 bits per heavy atom. The fraction of sp³-hybridized carbons (Fsp3) is 0.533. The summed E-state index contributed by atoms with van der Waals surface area (Å²) < 4.78 is 6.33. The number of nitrogens with zero attached hydrogens (tertiary/aromatic N) is 2. The molecular formula is C15H21N3O4. The minimum atomic E-state index is -0.301. The fourth-order valence-corrected chi connectivity index (χ4v) is 2.42. The number of amides is 2. The van der Waals surface area contributed by atoms with Crippen LogP contribution in [-0.4, -0.2) is 47.2 Å². The smallest absolute Gasteiger partial charge is 0.409 e. The van der Waals surface area contributed by atoms with E-state index in [0.29, 0.717) is 38.1 Å². The Morgan fingerprint density at radius 1 is 1.32 bits per heavy atom. The van der Waals surface area contributed by atoms with Gasteiger partial charge in [0.1, 0.15) is 0 Å². The molecule has 0 bridgehead atoms. The van der Waals surface area contributed by atoms with Gasteiger partial charge in [-0.25, -0.2) is 4.79 Å². The Balaban J connectivity index is 1.87. The maximum atomic E-state index is 12.2. The molecule has 0 saturated carbocycles. The van der Waals surface area contributed by atoms with E-state index in [9.17, 15) is 14.4 Å². The van der Waals surface area contributed by atoms with E-state index in [1.54, 1.807) is 18.9 Å². The summed E-state index contributed by atoms with van der Waals surface area (Å²) in [5.74, 6) is -0.204. The molecule has 1 aromatic rings. The Kier molecular flexibility index (Phi) is 5.19. The number of hydrogen-bond acceptors (Lipinski definition) is 4. The van der Waals surface area contributed by atoms with Crippen LogP contribution >= 0.6 is 0 Å². The summed E-state index contributed by atoms with van der Waals surface area (Å²) >= 11 is 0. The second-order valence-corrected chi connectivity index (χ2v) is 5.30. The predicted octanol–water partition coefficient (Wildman–Crippen LogP) is 0.736. The number of hydrogen-bond donors (Lipinski definition) is 1. The van der Waals surface area contributed by atoms with Gasteiger partial charge in [-0.2, -0.15) is 0 Å². The number of rotatable bonds is 3. The normalized spacial score (nSPS) is 15.5. The van der Waals surface area contributed by atoms with Crippen LogP contribution in [-0.2, 0) is 11.8 Å². The Hall–Kier alpha value is -2.31. The third-order valence-corrected chi connectivity index (χ3v) is 3.70. The maximum absolute atomic E-state index is 12.2. The highest BCUT2D eigenvalue weighted by molar-refractivity contribution is 5.94. The molecule has 0 atom stereocenters. The predicted molar refractivity (Wildman–Crippen MR) is 80.8 cm³/mol. The highest BCUT2D eigenvalue weighted by Crippen LogP contribution is 2.12. The van der Waals surface area contributed by atoms with Crippen molar-refractivity contribution in [3.05, 3.63) is 34.2 Å². The number of aryl methyl sites for hydroxylation is 1. The molecule has 2 rings (SSSR count). The molecule has 7 heteroatoms. The van der Waals surface area contributed by atoms with Gasteiger partial charge in [0.2, 0.25) is 5.56 Å². The molecule has 0 unspecified atom stereocenters. The third kappa shape index (κ3) is 3.87. The SMILES string of the molecule is CCOC(=O)N1CCC(NC(=O)c2ccc(=O)n(C)c2)CC1. The van der Waals surface area contributed by atoms with E-state index < -0.39 is 0 Å². The van der Waals surface area contributed by atoms with Crippen LogP contribution in [0.3, 0.4) is 0 Å². The van der Waals surface area contributed by atoms with Gasteiger partial charge in [-0.15, -0.1) is 0 Å². The first-order valence-electron chi connectivity index (χ1n) is 7.40. The average Bonchev–Trinajstić information content (AvgIpc) is 2.51. The molecule has 7 nitrogen and oxygen atoms in total. The van der Waals surface area contributed by atoms with Gasteiger partial charge in [0.25, 0.3) is 5.91 Å². The highest BCUT2D eigenvalue weighted by Gasteiger charge is 2.24. The zero-order valence-corrected chi connectivity index (χ0v) is 12.9. The van der Waals surface area contributed by atoms with Gasteiger partial charge in [0.15, 0.2) is 0 Å². The Labute approximate surface area is 128 Å². The number of carbonyl (C=O) groups is 2. The summed E-state index contributed by atoms with van der Waals surface area (Å²) in [4.78, 5) is 36.7. The summed E-state index contributed by atoms with van der Waals surface area (Å²) in [7, 11) is 1.61. The molecule has 1 aromatic heterocycles. The van der Waals surface area contributed by atoms with Crippen LogP contribution in [0.2, 0.25) is 0 Å². The highest BCUT2D eigenvalue weighted by atomic mass is 16.6. The van der Waals surface area contributed by atoms with Gasteiger partial charge >= 0.3 is 6.09 Å². The van der Waals surface area contributed by atoms with Crippen molar-refractivity contribution in [2.75, 3.05) is 19.7 Å². The summed E-state index contributed by atoms with van der Waals surface area (Å²) in [6, 6.07) is 2.92. The molecule has 1 N–H and O–H groups in total. The molecule has 1 fully saturated rings. The van der Waals surface area contributed by atoms with Crippen molar-refractivity contribution < 1.29 is 14.3 Å². The zero-order chi connectivity index (χ0) is 16.1. The second-order valence-electron chi connectivity index (χ2n) is 5.30. The lowest BCUT2D eigenvalue weighted by Crippen LogP contribution is -2.46. The van der Waals surface area contributed by atoms with Crippen molar-refractivity contribution in [1.29, 1.82) is 0 Å². The van der Waals surface area contributed by atoms with Crippen molar-refractivity contribution in [2.24, 2.45) is 7.05 Å². The van der Waals surface area contributed by atoms with Crippen LogP contribution in [0.5, 0.6) is 0 Å². The van der Waals surface area contributed by atoms with E-state index in [4.69, 9.17) is 4.74 Å². The molecule has 2 amide bonds. The Morgan fingerprint density at radius 2 is 2.00 bits per heavy atom. The topological polar surface area (TPSA) is 80.6 Å². The fourth-order valence-electron chi connectivity index (χ4n) is 2.42. The number of pyridine rings is 1. The lowest BCUT2D eigenvalue weighted by molar-refractivity contribution is 0.0859. The van der Waals surface area contributed by atoms with Crippen molar-refractivity contribution in [3.8, 4) is 0 Å². The number of nitrogens with one attached hydrogen (secondary N) is 1. The number of aromatic nitrogens is 1. The lowest BCUT2D eigenvalue weighted by atomic mass is 10.0. The maximum Gasteiger partial charge on any atom is 0.409 e. The second kappa shape index (κ2) is 7.11. The molecule has 0 aromatic carbocycles. The largest absolute Gasteiger partial charge is 0.450 e. The molecule has 2 heterocycles. The van der Waals surface area contributed by atoms with E-state index in [-0.39, 0.29) is 23.6 Å². The standard InChI is InChI=1S/C15H21N3O4/c1-3-22-15(21)18-8-6-12(7-9-18)16-14(20)11-4-5-13(19)17(2)10-11/h4-5,10,12H,3,6-9H2,1-2H3,(H,16,20). The van der Waals surface area contributed by atoms with Gasteiger partial charge in [0.05, 0.1) is 12.2 Å². The summed E-state index contributed by atoms with van der Waals surface area (Å²) in [6.07, 6.45) is 2.60. The van der Waals surface area contributed by atoms with Crippen LogP contribution < -0.4 is 10.9 Å².